The predicted molar refractivity (Wildman–Crippen MR) is 111 cm³/mol. The fraction of sp³-hybridized carbons (Fsp3) is 0.455. The van der Waals surface area contributed by atoms with Crippen molar-refractivity contribution in [2.75, 3.05) is 0 Å². The molecule has 2 aliphatic carbocycles. The Morgan fingerprint density at radius 2 is 1.79 bits per heavy atom. The maximum Gasteiger partial charge on any atom is 0.306 e. The molecule has 1 aromatic carbocycles. The zero-order valence-electron chi connectivity index (χ0n) is 16.0. The van der Waals surface area contributed by atoms with Crippen LogP contribution in [-0.4, -0.2) is 23.0 Å². The van der Waals surface area contributed by atoms with Crippen molar-refractivity contribution in [1.29, 1.82) is 0 Å². The number of hydrogen-bond acceptors (Lipinski definition) is 3. The molecule has 2 N–H and O–H groups in total. The molecule has 2 saturated carbocycles. The number of carbonyl (C=O) groups excluding carboxylic acids is 1. The van der Waals surface area contributed by atoms with Crippen LogP contribution in [0, 0.1) is 25.2 Å². The summed E-state index contributed by atoms with van der Waals surface area (Å²) >= 11 is 7.65. The molecule has 6 heteroatoms. The lowest BCUT2D eigenvalue weighted by molar-refractivity contribution is -0.155. The lowest BCUT2D eigenvalue weighted by Crippen LogP contribution is -2.57. The Hall–Kier alpha value is -1.85. The molecule has 2 aromatic rings. The Balaban J connectivity index is 1.42. The Morgan fingerprint density at radius 1 is 1.14 bits per heavy atom. The molecule has 0 unspecified atom stereocenters. The van der Waals surface area contributed by atoms with Gasteiger partial charge in [0.2, 0.25) is 0 Å². The summed E-state index contributed by atoms with van der Waals surface area (Å²) in [4.78, 5) is 26.3. The van der Waals surface area contributed by atoms with Gasteiger partial charge in [-0.15, -0.1) is 11.3 Å². The fourth-order valence-electron chi connectivity index (χ4n) is 4.89. The predicted octanol–water partition coefficient (Wildman–Crippen LogP) is 4.98. The van der Waals surface area contributed by atoms with Gasteiger partial charge in [-0.05, 0) is 74.6 Å². The number of halogens is 1. The largest absolute Gasteiger partial charge is 0.481 e. The van der Waals surface area contributed by atoms with Crippen molar-refractivity contribution in [3.8, 4) is 0 Å². The molecule has 148 valence electrons. The summed E-state index contributed by atoms with van der Waals surface area (Å²) in [6, 6.07) is 7.91. The molecule has 4 rings (SSSR count). The number of hydrogen-bond donors (Lipinski definition) is 2. The van der Waals surface area contributed by atoms with Crippen molar-refractivity contribution >= 4 is 34.8 Å². The summed E-state index contributed by atoms with van der Waals surface area (Å²) in [7, 11) is 0. The van der Waals surface area contributed by atoms with Gasteiger partial charge in [0.05, 0.1) is 11.5 Å². The van der Waals surface area contributed by atoms with Gasteiger partial charge in [-0.25, -0.2) is 0 Å². The molecule has 1 aromatic heterocycles. The number of carbonyl (C=O) groups is 2. The monoisotopic (exact) mass is 417 g/mol. The van der Waals surface area contributed by atoms with Gasteiger partial charge in [-0.1, -0.05) is 23.7 Å². The number of benzene rings is 1. The van der Waals surface area contributed by atoms with Crippen LogP contribution in [0.25, 0.3) is 0 Å². The van der Waals surface area contributed by atoms with E-state index in [0.29, 0.717) is 11.4 Å². The van der Waals surface area contributed by atoms with Crippen LogP contribution < -0.4 is 5.32 Å². The van der Waals surface area contributed by atoms with E-state index in [1.54, 1.807) is 11.3 Å². The minimum Gasteiger partial charge on any atom is -0.481 e. The van der Waals surface area contributed by atoms with Crippen molar-refractivity contribution in [3.63, 3.8) is 0 Å². The Bertz CT molecular complexity index is 920. The average molecular weight is 418 g/mol. The third kappa shape index (κ3) is 3.58. The number of nitrogens with one attached hydrogen (secondary N) is 1. The molecule has 2 aliphatic rings. The number of aryl methyl sites for hydroxylation is 2. The van der Waals surface area contributed by atoms with E-state index in [2.05, 4.69) is 12.2 Å². The molecule has 1 spiro atoms. The summed E-state index contributed by atoms with van der Waals surface area (Å²) in [5.41, 5.74) is 3.18. The van der Waals surface area contributed by atoms with Crippen LogP contribution in [-0.2, 0) is 11.2 Å². The van der Waals surface area contributed by atoms with E-state index in [1.807, 2.05) is 31.2 Å². The first-order valence-corrected chi connectivity index (χ1v) is 10.8. The molecule has 1 amide bonds. The van der Waals surface area contributed by atoms with Crippen molar-refractivity contribution < 1.29 is 14.7 Å². The van der Waals surface area contributed by atoms with Crippen molar-refractivity contribution in [2.45, 2.75) is 52.0 Å². The molecule has 0 bridgehead atoms. The number of thiophene rings is 1. The highest BCUT2D eigenvalue weighted by Crippen LogP contribution is 2.58. The molecule has 0 atom stereocenters. The van der Waals surface area contributed by atoms with E-state index in [4.69, 9.17) is 16.7 Å². The second kappa shape index (κ2) is 7.20. The molecule has 28 heavy (non-hydrogen) atoms. The van der Waals surface area contributed by atoms with E-state index in [0.717, 1.165) is 47.3 Å². The zero-order chi connectivity index (χ0) is 20.1. The third-order valence-corrected chi connectivity index (χ3v) is 7.62. The van der Waals surface area contributed by atoms with Gasteiger partial charge >= 0.3 is 5.97 Å². The second-order valence-corrected chi connectivity index (χ2v) is 10.3. The minimum atomic E-state index is -0.686. The minimum absolute atomic E-state index is 0.000212. The number of carboxylic acids is 1. The van der Waals surface area contributed by atoms with Crippen LogP contribution in [0.15, 0.2) is 24.3 Å². The van der Waals surface area contributed by atoms with E-state index in [1.165, 1.54) is 4.88 Å². The average Bonchev–Trinajstić information content (AvgIpc) is 2.83. The van der Waals surface area contributed by atoms with Crippen LogP contribution in [0.4, 0.5) is 0 Å². The van der Waals surface area contributed by atoms with Gasteiger partial charge in [-0.3, -0.25) is 9.59 Å². The van der Waals surface area contributed by atoms with Crippen molar-refractivity contribution in [3.05, 3.63) is 55.7 Å². The van der Waals surface area contributed by atoms with Crippen molar-refractivity contribution in [1.82, 2.24) is 5.32 Å². The topological polar surface area (TPSA) is 66.4 Å². The number of amides is 1. The van der Waals surface area contributed by atoms with Gasteiger partial charge in [0.25, 0.3) is 5.91 Å². The van der Waals surface area contributed by atoms with Gasteiger partial charge in [0.15, 0.2) is 0 Å². The lowest BCUT2D eigenvalue weighted by Gasteiger charge is -2.56. The summed E-state index contributed by atoms with van der Waals surface area (Å²) in [5, 5.41) is 13.0. The van der Waals surface area contributed by atoms with Crippen LogP contribution in [0.5, 0.6) is 0 Å². The molecule has 2 fully saturated rings. The Morgan fingerprint density at radius 3 is 2.39 bits per heavy atom. The standard InChI is InChI=1S/C22H24ClNO3S/c1-12-18(7-14-3-5-16(23)6-4-14)19(13(2)28-12)20(25)24-17-10-22(11-17)8-15(9-22)21(26)27/h3-6,15,17H,7-11H2,1-2H3,(H,24,25)(H,26,27). The first-order valence-electron chi connectivity index (χ1n) is 9.63. The molecule has 1 heterocycles. The first-order chi connectivity index (χ1) is 13.3. The highest BCUT2D eigenvalue weighted by Gasteiger charge is 2.55. The smallest absolute Gasteiger partial charge is 0.306 e. The lowest BCUT2D eigenvalue weighted by atomic mass is 9.50. The number of rotatable bonds is 5. The van der Waals surface area contributed by atoms with Crippen molar-refractivity contribution in [2.24, 2.45) is 11.3 Å². The summed E-state index contributed by atoms with van der Waals surface area (Å²) in [5.74, 6) is -0.876. The normalized spacial score (nSPS) is 25.8. The van der Waals surface area contributed by atoms with Crippen LogP contribution in [0.1, 0.15) is 56.9 Å². The number of aliphatic carboxylic acids is 1. The highest BCUT2D eigenvalue weighted by atomic mass is 35.5. The van der Waals surface area contributed by atoms with Gasteiger partial charge < -0.3 is 10.4 Å². The van der Waals surface area contributed by atoms with Gasteiger partial charge in [0.1, 0.15) is 0 Å². The summed E-state index contributed by atoms with van der Waals surface area (Å²) in [6.45, 7) is 4.07. The molecule has 0 radical (unpaired) electrons. The second-order valence-electron chi connectivity index (χ2n) is 8.39. The summed E-state index contributed by atoms with van der Waals surface area (Å²) in [6.07, 6.45) is 4.03. The van der Waals surface area contributed by atoms with E-state index in [9.17, 15) is 9.59 Å². The maximum atomic E-state index is 13.0. The fourth-order valence-corrected chi connectivity index (χ4v) is 6.09. The molecule has 0 aliphatic heterocycles. The van der Waals surface area contributed by atoms with E-state index < -0.39 is 5.97 Å². The van der Waals surface area contributed by atoms with Crippen LogP contribution in [0.3, 0.4) is 0 Å². The third-order valence-electron chi connectivity index (χ3n) is 6.31. The van der Waals surface area contributed by atoms with Gasteiger partial charge in [0, 0.05) is 20.8 Å². The SMILES string of the molecule is Cc1sc(C)c(C(=O)NC2CC3(C2)CC(C(=O)O)C3)c1Cc1ccc(Cl)cc1. The Kier molecular flexibility index (Phi) is 5.00. The summed E-state index contributed by atoms with van der Waals surface area (Å²) < 4.78 is 0. The Labute approximate surface area is 173 Å². The van der Waals surface area contributed by atoms with Crippen LogP contribution >= 0.6 is 22.9 Å². The number of carboxylic acid groups (broad SMARTS) is 1. The molecular formula is C22H24ClNO3S. The first kappa shape index (κ1) is 19.5. The van der Waals surface area contributed by atoms with E-state index in [-0.39, 0.29) is 23.3 Å². The molecule has 0 saturated heterocycles. The van der Waals surface area contributed by atoms with Gasteiger partial charge in [-0.2, -0.15) is 0 Å². The van der Waals surface area contributed by atoms with E-state index >= 15 is 0 Å². The molecule has 4 nitrogen and oxygen atoms in total. The van der Waals surface area contributed by atoms with Crippen LogP contribution in [0.2, 0.25) is 5.02 Å². The highest BCUT2D eigenvalue weighted by molar-refractivity contribution is 7.12. The quantitative estimate of drug-likeness (QED) is 0.720. The zero-order valence-corrected chi connectivity index (χ0v) is 17.6. The maximum absolute atomic E-state index is 13.0. The molecular weight excluding hydrogens is 394 g/mol.